The second-order valence-electron chi connectivity index (χ2n) is 2.54. The van der Waals surface area contributed by atoms with Crippen molar-refractivity contribution in [1.29, 1.82) is 0 Å². The molecule has 0 radical (unpaired) electrons. The first-order valence-electron chi connectivity index (χ1n) is 3.51. The van der Waals surface area contributed by atoms with E-state index in [9.17, 15) is 8.42 Å². The Labute approximate surface area is 71.6 Å². The van der Waals surface area contributed by atoms with Crippen LogP contribution in [0.15, 0.2) is 18.5 Å². The Balaban J connectivity index is 2.56. The summed E-state index contributed by atoms with van der Waals surface area (Å²) in [7, 11) is -2.90. The zero-order chi connectivity index (χ0) is 9.03. The van der Waals surface area contributed by atoms with Gasteiger partial charge >= 0.3 is 0 Å². The number of hydrogen-bond acceptors (Lipinski definition) is 4. The van der Waals surface area contributed by atoms with Gasteiger partial charge in [0.2, 0.25) is 0 Å². The van der Waals surface area contributed by atoms with Gasteiger partial charge in [-0.3, -0.25) is 0 Å². The number of rotatable bonds is 3. The molecule has 1 rings (SSSR count). The highest BCUT2D eigenvalue weighted by molar-refractivity contribution is 7.90. The molecule has 0 spiro atoms. The van der Waals surface area contributed by atoms with E-state index in [-0.39, 0.29) is 5.75 Å². The SMILES string of the molecule is CS(=O)(=O)CCc1ncccn1. The molecule has 0 atom stereocenters. The lowest BCUT2D eigenvalue weighted by Crippen LogP contribution is -2.07. The number of nitrogens with zero attached hydrogens (tertiary/aromatic N) is 2. The van der Waals surface area contributed by atoms with Crippen molar-refractivity contribution in [1.82, 2.24) is 9.97 Å². The van der Waals surface area contributed by atoms with Crippen molar-refractivity contribution in [3.05, 3.63) is 24.3 Å². The lowest BCUT2D eigenvalue weighted by molar-refractivity contribution is 0.600. The van der Waals surface area contributed by atoms with E-state index in [1.165, 1.54) is 6.26 Å². The van der Waals surface area contributed by atoms with Gasteiger partial charge in [-0.05, 0) is 6.07 Å². The minimum absolute atomic E-state index is 0.108. The first-order valence-corrected chi connectivity index (χ1v) is 5.57. The molecule has 0 aliphatic rings. The average Bonchev–Trinajstić information content (AvgIpc) is 2.02. The predicted molar refractivity (Wildman–Crippen MR) is 45.4 cm³/mol. The van der Waals surface area contributed by atoms with Crippen molar-refractivity contribution >= 4 is 9.84 Å². The van der Waals surface area contributed by atoms with E-state index in [1.807, 2.05) is 0 Å². The quantitative estimate of drug-likeness (QED) is 0.670. The molecule has 0 fully saturated rings. The van der Waals surface area contributed by atoms with E-state index in [2.05, 4.69) is 9.97 Å². The highest BCUT2D eigenvalue weighted by atomic mass is 32.2. The summed E-state index contributed by atoms with van der Waals surface area (Å²) < 4.78 is 21.5. The van der Waals surface area contributed by atoms with Gasteiger partial charge in [0, 0.05) is 25.1 Å². The van der Waals surface area contributed by atoms with Crippen molar-refractivity contribution in [3.63, 3.8) is 0 Å². The van der Waals surface area contributed by atoms with E-state index in [0.29, 0.717) is 12.2 Å². The molecule has 1 heterocycles. The van der Waals surface area contributed by atoms with E-state index in [1.54, 1.807) is 18.5 Å². The molecule has 5 heteroatoms. The molecule has 0 unspecified atom stereocenters. The second-order valence-corrected chi connectivity index (χ2v) is 4.80. The van der Waals surface area contributed by atoms with Crippen LogP contribution in [0.1, 0.15) is 5.82 Å². The summed E-state index contributed by atoms with van der Waals surface area (Å²) in [4.78, 5) is 7.81. The maximum absolute atomic E-state index is 10.7. The normalized spacial score (nSPS) is 11.4. The molecule has 0 aliphatic heterocycles. The third-order valence-electron chi connectivity index (χ3n) is 1.32. The summed E-state index contributed by atoms with van der Waals surface area (Å²) in [6.45, 7) is 0. The Morgan fingerprint density at radius 2 is 1.92 bits per heavy atom. The summed E-state index contributed by atoms with van der Waals surface area (Å²) in [5.74, 6) is 0.680. The summed E-state index contributed by atoms with van der Waals surface area (Å²) >= 11 is 0. The molecular weight excluding hydrogens is 176 g/mol. The third-order valence-corrected chi connectivity index (χ3v) is 2.26. The second kappa shape index (κ2) is 3.62. The molecular formula is C7H10N2O2S. The van der Waals surface area contributed by atoms with E-state index >= 15 is 0 Å². The van der Waals surface area contributed by atoms with E-state index in [0.717, 1.165) is 0 Å². The highest BCUT2D eigenvalue weighted by Gasteiger charge is 2.03. The van der Waals surface area contributed by atoms with Crippen LogP contribution in [0.25, 0.3) is 0 Å². The average molecular weight is 186 g/mol. The Morgan fingerprint density at radius 3 is 2.42 bits per heavy atom. The smallest absolute Gasteiger partial charge is 0.147 e. The van der Waals surface area contributed by atoms with Gasteiger partial charge in [0.15, 0.2) is 0 Å². The van der Waals surface area contributed by atoms with Gasteiger partial charge in [-0.1, -0.05) is 0 Å². The van der Waals surface area contributed by atoms with Crippen LogP contribution in [0, 0.1) is 0 Å². The first-order chi connectivity index (χ1) is 5.58. The number of aryl methyl sites for hydroxylation is 1. The molecule has 0 saturated heterocycles. The minimum atomic E-state index is -2.90. The van der Waals surface area contributed by atoms with Crippen LogP contribution < -0.4 is 0 Å². The molecule has 1 aromatic heterocycles. The van der Waals surface area contributed by atoms with Gasteiger partial charge < -0.3 is 0 Å². The number of sulfone groups is 1. The van der Waals surface area contributed by atoms with Crippen LogP contribution in [0.4, 0.5) is 0 Å². The van der Waals surface area contributed by atoms with Crippen LogP contribution in [0.3, 0.4) is 0 Å². The van der Waals surface area contributed by atoms with Crippen molar-refractivity contribution in [2.45, 2.75) is 6.42 Å². The monoisotopic (exact) mass is 186 g/mol. The highest BCUT2D eigenvalue weighted by Crippen LogP contribution is 1.92. The van der Waals surface area contributed by atoms with Crippen LogP contribution in [-0.4, -0.2) is 30.4 Å². The van der Waals surface area contributed by atoms with Crippen LogP contribution in [-0.2, 0) is 16.3 Å². The minimum Gasteiger partial charge on any atom is -0.241 e. The molecule has 66 valence electrons. The fourth-order valence-electron chi connectivity index (χ4n) is 0.736. The Kier molecular flexibility index (Phi) is 2.75. The zero-order valence-corrected chi connectivity index (χ0v) is 7.58. The third kappa shape index (κ3) is 3.43. The van der Waals surface area contributed by atoms with Crippen LogP contribution in [0.2, 0.25) is 0 Å². The zero-order valence-electron chi connectivity index (χ0n) is 6.77. The van der Waals surface area contributed by atoms with Crippen molar-refractivity contribution in [3.8, 4) is 0 Å². The summed E-state index contributed by atoms with van der Waals surface area (Å²) in [6.07, 6.45) is 4.80. The molecule has 4 nitrogen and oxygen atoms in total. The molecule has 0 aromatic carbocycles. The van der Waals surface area contributed by atoms with Gasteiger partial charge in [-0.15, -0.1) is 0 Å². The fraction of sp³-hybridized carbons (Fsp3) is 0.429. The molecule has 12 heavy (non-hydrogen) atoms. The van der Waals surface area contributed by atoms with Gasteiger partial charge in [-0.2, -0.15) is 0 Å². The molecule has 0 saturated carbocycles. The van der Waals surface area contributed by atoms with E-state index in [4.69, 9.17) is 0 Å². The maximum atomic E-state index is 10.7. The standard InChI is InChI=1S/C7H10N2O2S/c1-12(10,11)6-3-7-8-4-2-5-9-7/h2,4-5H,3,6H2,1H3. The lowest BCUT2D eigenvalue weighted by atomic mass is 10.4. The van der Waals surface area contributed by atoms with Gasteiger partial charge in [0.25, 0.3) is 0 Å². The van der Waals surface area contributed by atoms with Crippen molar-refractivity contribution in [2.75, 3.05) is 12.0 Å². The first kappa shape index (κ1) is 9.12. The summed E-state index contributed by atoms with van der Waals surface area (Å²) in [5, 5.41) is 0. The number of hydrogen-bond donors (Lipinski definition) is 0. The Bertz CT molecular complexity index is 334. The molecule has 0 bridgehead atoms. The summed E-state index contributed by atoms with van der Waals surface area (Å²) in [5.41, 5.74) is 0. The summed E-state index contributed by atoms with van der Waals surface area (Å²) in [6, 6.07) is 1.70. The van der Waals surface area contributed by atoms with Gasteiger partial charge in [0.05, 0.1) is 5.75 Å². The molecule has 0 amide bonds. The lowest BCUT2D eigenvalue weighted by Gasteiger charge is -1.96. The van der Waals surface area contributed by atoms with Crippen molar-refractivity contribution < 1.29 is 8.42 Å². The van der Waals surface area contributed by atoms with Crippen LogP contribution in [0.5, 0.6) is 0 Å². The molecule has 0 aliphatic carbocycles. The maximum Gasteiger partial charge on any atom is 0.147 e. The van der Waals surface area contributed by atoms with Crippen LogP contribution >= 0.6 is 0 Å². The molecule has 0 N–H and O–H groups in total. The topological polar surface area (TPSA) is 59.9 Å². The predicted octanol–water partition coefficient (Wildman–Crippen LogP) is 0.0637. The fourth-order valence-corrected chi connectivity index (χ4v) is 1.29. The van der Waals surface area contributed by atoms with Gasteiger partial charge in [-0.25, -0.2) is 18.4 Å². The largest absolute Gasteiger partial charge is 0.241 e. The van der Waals surface area contributed by atoms with Gasteiger partial charge in [0.1, 0.15) is 15.7 Å². The number of aromatic nitrogens is 2. The van der Waals surface area contributed by atoms with E-state index < -0.39 is 9.84 Å². The Morgan fingerprint density at radius 1 is 1.33 bits per heavy atom. The Hall–Kier alpha value is -0.970. The van der Waals surface area contributed by atoms with Crippen molar-refractivity contribution in [2.24, 2.45) is 0 Å². The molecule has 1 aromatic rings.